The summed E-state index contributed by atoms with van der Waals surface area (Å²) in [6, 6.07) is 2.37. The van der Waals surface area contributed by atoms with Crippen molar-refractivity contribution < 1.29 is 13.2 Å². The first kappa shape index (κ1) is 12.1. The molecule has 1 aromatic carbocycles. The first-order chi connectivity index (χ1) is 8.47. The number of thiazole rings is 1. The van der Waals surface area contributed by atoms with Crippen molar-refractivity contribution in [3.8, 4) is 0 Å². The van der Waals surface area contributed by atoms with Crippen LogP contribution in [0.4, 0.5) is 13.2 Å². The second-order valence-corrected chi connectivity index (χ2v) is 6.25. The zero-order valence-electron chi connectivity index (χ0n) is 9.17. The number of halogens is 3. The molecule has 0 aliphatic carbocycles. The number of hydrogen-bond donors (Lipinski definition) is 1. The van der Waals surface area contributed by atoms with E-state index in [9.17, 15) is 13.2 Å². The molecular weight excluding hydrogens is 281 g/mol. The van der Waals surface area contributed by atoms with Crippen LogP contribution < -0.4 is 4.80 Å². The molecule has 2 nitrogen and oxygen atoms in total. The fraction of sp³-hybridized carbons (Fsp3) is 0.364. The van der Waals surface area contributed by atoms with E-state index in [0.717, 1.165) is 35.1 Å². The van der Waals surface area contributed by atoms with Gasteiger partial charge in [0.1, 0.15) is 0 Å². The molecule has 1 aliphatic rings. The van der Waals surface area contributed by atoms with E-state index in [1.54, 1.807) is 0 Å². The number of nitrogens with one attached hydrogen (secondary N) is 1. The van der Waals surface area contributed by atoms with Crippen LogP contribution in [0.3, 0.4) is 0 Å². The summed E-state index contributed by atoms with van der Waals surface area (Å²) in [6.45, 7) is 0.712. The number of hydrogen-bond acceptors (Lipinski definition) is 3. The van der Waals surface area contributed by atoms with E-state index in [1.807, 2.05) is 4.57 Å². The molecule has 0 unspecified atom stereocenters. The van der Waals surface area contributed by atoms with Gasteiger partial charge in [0.25, 0.3) is 0 Å². The van der Waals surface area contributed by atoms with Crippen molar-refractivity contribution in [2.45, 2.75) is 24.0 Å². The van der Waals surface area contributed by atoms with Gasteiger partial charge in [-0.05, 0) is 24.3 Å². The van der Waals surface area contributed by atoms with Crippen molar-refractivity contribution in [2.24, 2.45) is 0 Å². The lowest BCUT2D eigenvalue weighted by molar-refractivity contribution is -0.137. The highest BCUT2D eigenvalue weighted by molar-refractivity contribution is 7.99. The van der Waals surface area contributed by atoms with Crippen molar-refractivity contribution in [1.82, 2.24) is 4.57 Å². The van der Waals surface area contributed by atoms with Gasteiger partial charge in [-0.1, -0.05) is 11.3 Å². The monoisotopic (exact) mass is 290 g/mol. The third-order valence-corrected chi connectivity index (χ3v) is 4.93. The Bertz CT molecular complexity index is 669. The Labute approximate surface area is 109 Å². The fourth-order valence-corrected chi connectivity index (χ4v) is 4.21. The maximum atomic E-state index is 12.8. The molecule has 1 aromatic heterocycles. The van der Waals surface area contributed by atoms with Crippen molar-refractivity contribution in [3.05, 3.63) is 22.5 Å². The largest absolute Gasteiger partial charge is 0.416 e. The average molecular weight is 290 g/mol. The van der Waals surface area contributed by atoms with E-state index in [0.29, 0.717) is 20.9 Å². The van der Waals surface area contributed by atoms with Gasteiger partial charge in [-0.25, -0.2) is 0 Å². The van der Waals surface area contributed by atoms with Crippen LogP contribution in [0.25, 0.3) is 10.2 Å². The van der Waals surface area contributed by atoms with E-state index >= 15 is 0 Å². The van der Waals surface area contributed by atoms with Gasteiger partial charge < -0.3 is 4.57 Å². The summed E-state index contributed by atoms with van der Waals surface area (Å²) in [5.41, 5.74) is 0.174. The number of benzene rings is 1. The third kappa shape index (κ3) is 1.85. The maximum Gasteiger partial charge on any atom is 0.416 e. The van der Waals surface area contributed by atoms with Gasteiger partial charge in [-0.3, -0.25) is 5.41 Å². The molecule has 1 N–H and O–H groups in total. The number of aromatic nitrogens is 1. The van der Waals surface area contributed by atoms with Crippen molar-refractivity contribution in [3.63, 3.8) is 0 Å². The lowest BCUT2D eigenvalue weighted by Crippen LogP contribution is -2.12. The number of thioether (sulfide) groups is 1. The number of rotatable bonds is 0. The zero-order chi connectivity index (χ0) is 12.9. The molecule has 0 amide bonds. The molecule has 2 heterocycles. The number of nitrogens with zero attached hydrogens (tertiary/aromatic N) is 1. The molecule has 0 atom stereocenters. The van der Waals surface area contributed by atoms with Crippen LogP contribution in [0.1, 0.15) is 12.0 Å². The maximum absolute atomic E-state index is 12.8. The molecule has 3 rings (SSSR count). The zero-order valence-corrected chi connectivity index (χ0v) is 10.8. The van der Waals surface area contributed by atoms with E-state index in [-0.39, 0.29) is 0 Å². The minimum Gasteiger partial charge on any atom is -0.316 e. The summed E-state index contributed by atoms with van der Waals surface area (Å²) in [5.74, 6) is 0.794. The lowest BCUT2D eigenvalue weighted by atomic mass is 10.2. The van der Waals surface area contributed by atoms with Gasteiger partial charge in [0.15, 0.2) is 4.80 Å². The van der Waals surface area contributed by atoms with E-state index < -0.39 is 11.7 Å². The molecule has 7 heteroatoms. The first-order valence-corrected chi connectivity index (χ1v) is 7.19. The van der Waals surface area contributed by atoms with Gasteiger partial charge in [0.05, 0.1) is 15.8 Å². The van der Waals surface area contributed by atoms with Gasteiger partial charge in [0, 0.05) is 11.4 Å². The molecule has 0 fully saturated rings. The predicted molar refractivity (Wildman–Crippen MR) is 66.0 cm³/mol. The molecule has 0 bridgehead atoms. The fourth-order valence-electron chi connectivity index (χ4n) is 2.08. The normalized spacial score (nSPS) is 15.9. The summed E-state index contributed by atoms with van der Waals surface area (Å²) >= 11 is 2.56. The summed E-state index contributed by atoms with van der Waals surface area (Å²) in [5, 5.41) is 7.84. The van der Waals surface area contributed by atoms with E-state index in [4.69, 9.17) is 5.41 Å². The number of alkyl halides is 3. The molecule has 18 heavy (non-hydrogen) atoms. The minimum atomic E-state index is -4.32. The number of aryl methyl sites for hydroxylation is 1. The SMILES string of the molecule is N=c1sc2cc(C(F)(F)F)cc3c2n1CCCS3. The molecule has 0 saturated heterocycles. The van der Waals surface area contributed by atoms with Crippen molar-refractivity contribution >= 4 is 33.3 Å². The summed E-state index contributed by atoms with van der Waals surface area (Å²) in [4.78, 5) is 0.972. The van der Waals surface area contributed by atoms with Gasteiger partial charge in [-0.15, -0.1) is 11.8 Å². The average Bonchev–Trinajstić information content (AvgIpc) is 2.46. The van der Waals surface area contributed by atoms with Crippen molar-refractivity contribution in [1.29, 1.82) is 5.41 Å². The topological polar surface area (TPSA) is 28.8 Å². The first-order valence-electron chi connectivity index (χ1n) is 5.39. The van der Waals surface area contributed by atoms with Crippen LogP contribution in [0.2, 0.25) is 0 Å². The summed E-state index contributed by atoms with van der Waals surface area (Å²) in [6.07, 6.45) is -3.45. The van der Waals surface area contributed by atoms with Crippen LogP contribution in [0.15, 0.2) is 17.0 Å². The highest BCUT2D eigenvalue weighted by atomic mass is 32.2. The standard InChI is InChI=1S/C11H9F3N2S2/c12-11(13,14)6-4-7-9-8(5-6)18-10(15)16(9)2-1-3-17-7/h4-5,15H,1-3H2. The Morgan fingerprint density at radius 1 is 1.28 bits per heavy atom. The Morgan fingerprint density at radius 2 is 2.06 bits per heavy atom. The molecule has 0 radical (unpaired) electrons. The second-order valence-electron chi connectivity index (χ2n) is 4.08. The second kappa shape index (κ2) is 4.03. The molecule has 1 aliphatic heterocycles. The Hall–Kier alpha value is -0.950. The Balaban J connectivity index is 2.36. The van der Waals surface area contributed by atoms with Crippen molar-refractivity contribution in [2.75, 3.05) is 5.75 Å². The van der Waals surface area contributed by atoms with E-state index in [2.05, 4.69) is 0 Å². The summed E-state index contributed by atoms with van der Waals surface area (Å²) in [7, 11) is 0. The highest BCUT2D eigenvalue weighted by Gasteiger charge is 2.32. The Kier molecular flexibility index (Phi) is 2.71. The minimum absolute atomic E-state index is 0.327. The summed E-state index contributed by atoms with van der Waals surface area (Å²) < 4.78 is 40.8. The van der Waals surface area contributed by atoms with Crippen LogP contribution in [0.5, 0.6) is 0 Å². The Morgan fingerprint density at radius 3 is 2.78 bits per heavy atom. The molecule has 96 valence electrons. The molecule has 2 aromatic rings. The highest BCUT2D eigenvalue weighted by Crippen LogP contribution is 2.39. The molecule has 0 spiro atoms. The van der Waals surface area contributed by atoms with Gasteiger partial charge in [0.2, 0.25) is 0 Å². The van der Waals surface area contributed by atoms with Crippen LogP contribution >= 0.6 is 23.1 Å². The molecule has 0 saturated carbocycles. The quantitative estimate of drug-likeness (QED) is 0.787. The van der Waals surface area contributed by atoms with Crippen LogP contribution in [-0.4, -0.2) is 10.3 Å². The predicted octanol–water partition coefficient (Wildman–Crippen LogP) is 3.70. The van der Waals surface area contributed by atoms with Crippen LogP contribution in [0, 0.1) is 5.41 Å². The van der Waals surface area contributed by atoms with Gasteiger partial charge in [-0.2, -0.15) is 13.2 Å². The smallest absolute Gasteiger partial charge is 0.316 e. The van der Waals surface area contributed by atoms with Gasteiger partial charge >= 0.3 is 6.18 Å². The third-order valence-electron chi connectivity index (χ3n) is 2.87. The molecular formula is C11H9F3N2S2. The lowest BCUT2D eigenvalue weighted by Gasteiger charge is -2.09. The van der Waals surface area contributed by atoms with E-state index in [1.165, 1.54) is 17.8 Å². The van der Waals surface area contributed by atoms with Crippen LogP contribution in [-0.2, 0) is 12.7 Å².